The van der Waals surface area contributed by atoms with Gasteiger partial charge >= 0.3 is 12.3 Å². The van der Waals surface area contributed by atoms with Gasteiger partial charge in [0.15, 0.2) is 6.29 Å². The van der Waals surface area contributed by atoms with E-state index in [2.05, 4.69) is 32.9 Å². The second kappa shape index (κ2) is 14.2. The lowest BCUT2D eigenvalue weighted by atomic mass is 9.49. The number of aliphatic hydroxyl groups is 1. The van der Waals surface area contributed by atoms with E-state index in [1.807, 2.05) is 13.8 Å². The molecule has 2 unspecified atom stereocenters. The molecule has 4 aliphatic carbocycles. The van der Waals surface area contributed by atoms with E-state index < -0.39 is 41.6 Å². The molecule has 10 nitrogen and oxygen atoms in total. The summed E-state index contributed by atoms with van der Waals surface area (Å²) in [4.78, 5) is 37.6. The monoisotopic (exact) mass is 660 g/mol. The molecule has 1 aliphatic heterocycles. The number of hydrogen-bond donors (Lipinski definition) is 1. The first-order chi connectivity index (χ1) is 22.2. The zero-order valence-corrected chi connectivity index (χ0v) is 29.4. The molecule has 5 aliphatic rings. The Bertz CT molecular complexity index is 1230. The third-order valence-corrected chi connectivity index (χ3v) is 12.4. The molecular formula is C37H56O10. The molecule has 10 atom stereocenters. The van der Waals surface area contributed by atoms with E-state index in [1.54, 1.807) is 0 Å². The number of hydrogen-bond acceptors (Lipinski definition) is 10. The number of ether oxygens (including phenoxy) is 6. The largest absolute Gasteiger partial charge is 0.508 e. The number of carbonyl (C=O) groups is 3. The Balaban J connectivity index is 1.28. The highest BCUT2D eigenvalue weighted by molar-refractivity contribution is 5.79. The second-order valence-corrected chi connectivity index (χ2v) is 15.7. The van der Waals surface area contributed by atoms with Crippen LogP contribution in [0, 0.1) is 34.5 Å². The summed E-state index contributed by atoms with van der Waals surface area (Å²) in [5, 5.41) is 11.4. The molecule has 5 rings (SSSR count). The van der Waals surface area contributed by atoms with Crippen LogP contribution in [0.1, 0.15) is 105 Å². The highest BCUT2D eigenvalue weighted by Crippen LogP contribution is 2.66. The molecule has 0 amide bonds. The predicted molar refractivity (Wildman–Crippen MR) is 173 cm³/mol. The van der Waals surface area contributed by atoms with Crippen molar-refractivity contribution in [3.05, 3.63) is 23.3 Å². The molecule has 0 spiro atoms. The molecule has 1 heterocycles. The fourth-order valence-corrected chi connectivity index (χ4v) is 9.95. The summed E-state index contributed by atoms with van der Waals surface area (Å²) < 4.78 is 32.9. The molecule has 264 valence electrons. The van der Waals surface area contributed by atoms with Crippen LogP contribution in [0.2, 0.25) is 0 Å². The predicted octanol–water partition coefficient (Wildman–Crippen LogP) is 7.07. The van der Waals surface area contributed by atoms with Gasteiger partial charge in [0.2, 0.25) is 0 Å². The lowest BCUT2D eigenvalue weighted by Crippen LogP contribution is -2.54. The lowest BCUT2D eigenvalue weighted by Gasteiger charge is -2.57. The number of methoxy groups -OCH3 is 2. The third-order valence-electron chi connectivity index (χ3n) is 12.4. The quantitative estimate of drug-likeness (QED) is 0.243. The van der Waals surface area contributed by atoms with Crippen LogP contribution < -0.4 is 0 Å². The summed E-state index contributed by atoms with van der Waals surface area (Å²) in [6.45, 7) is 11.2. The van der Waals surface area contributed by atoms with Gasteiger partial charge in [-0.1, -0.05) is 44.1 Å². The van der Waals surface area contributed by atoms with Gasteiger partial charge in [0.25, 0.3) is 0 Å². The second-order valence-electron chi connectivity index (χ2n) is 15.7. The van der Waals surface area contributed by atoms with Crippen molar-refractivity contribution in [2.75, 3.05) is 20.8 Å². The van der Waals surface area contributed by atoms with Gasteiger partial charge in [0, 0.05) is 37.7 Å². The van der Waals surface area contributed by atoms with Gasteiger partial charge in [-0.15, -0.1) is 0 Å². The van der Waals surface area contributed by atoms with Crippen molar-refractivity contribution in [3.8, 4) is 0 Å². The molecule has 3 saturated carbocycles. The Morgan fingerprint density at radius 2 is 1.72 bits per heavy atom. The summed E-state index contributed by atoms with van der Waals surface area (Å²) in [5.41, 5.74) is 1.32. The lowest BCUT2D eigenvalue weighted by molar-refractivity contribution is -0.216. The molecule has 0 radical (unpaired) electrons. The summed E-state index contributed by atoms with van der Waals surface area (Å²) in [6, 6.07) is 0. The smallest absolute Gasteiger partial charge is 0.438 e. The van der Waals surface area contributed by atoms with Gasteiger partial charge in [0.05, 0.1) is 25.9 Å². The van der Waals surface area contributed by atoms with Crippen LogP contribution in [0.5, 0.6) is 0 Å². The van der Waals surface area contributed by atoms with Crippen LogP contribution in [0.3, 0.4) is 0 Å². The molecule has 10 heteroatoms. The average molecular weight is 661 g/mol. The number of ketones is 1. The van der Waals surface area contributed by atoms with Crippen molar-refractivity contribution < 1.29 is 47.9 Å². The summed E-state index contributed by atoms with van der Waals surface area (Å²) in [6.07, 6.45) is 8.96. The van der Waals surface area contributed by atoms with E-state index in [-0.39, 0.29) is 48.1 Å². The highest BCUT2D eigenvalue weighted by atomic mass is 16.7. The molecule has 1 saturated heterocycles. The zero-order chi connectivity index (χ0) is 34.1. The fourth-order valence-electron chi connectivity index (χ4n) is 9.95. The fraction of sp³-hybridized carbons (Fsp3) is 0.811. The SMILES string of the molecule is COC(=O)O[C@@H]1CC2=CC=C3[C@@H]4CC[C@H]([C@H](C)C(O)CC(=O)CC(C)(C)OC5CCCCO5)[C@@]4(C)CC[C@@H]3[C@@]2(C)[C@@H](OC(=O)OC)C1. The minimum Gasteiger partial charge on any atom is -0.438 e. The number of fused-ring (bicyclic) bond motifs is 5. The number of Topliss-reactive ketones (excluding diaryl/α,β-unsaturated/α-hetero) is 1. The Kier molecular flexibility index (Phi) is 10.8. The van der Waals surface area contributed by atoms with Crippen LogP contribution in [-0.2, 0) is 33.2 Å². The minimum absolute atomic E-state index is 0.0116. The van der Waals surface area contributed by atoms with Crippen molar-refractivity contribution in [1.82, 2.24) is 0 Å². The normalized spacial score (nSPS) is 36.3. The number of aliphatic hydroxyl groups excluding tert-OH is 1. The molecule has 0 bridgehead atoms. The Hall–Kier alpha value is -2.43. The topological polar surface area (TPSA) is 127 Å². The van der Waals surface area contributed by atoms with Crippen molar-refractivity contribution in [1.29, 1.82) is 0 Å². The standard InChI is InChI=1S/C37H56O10/c1-22(30(39)19-24(38)21-35(2,3)47-32-10-8-9-17-44-32)27-13-14-28-26-12-11-23-18-25(45-33(40)42-6)20-31(46-34(41)43-7)37(23,5)29(26)15-16-36(27,28)4/h11-12,22,25,27-32,39H,8-10,13-21H2,1-7H3/t22-,25+,27+,28-,29-,30?,31-,32?,36+,37-/m0/s1. The molecule has 0 aromatic carbocycles. The molecular weight excluding hydrogens is 604 g/mol. The van der Waals surface area contributed by atoms with Crippen LogP contribution in [0.25, 0.3) is 0 Å². The van der Waals surface area contributed by atoms with E-state index in [0.717, 1.165) is 50.5 Å². The number of carbonyl (C=O) groups excluding carboxylic acids is 3. The Morgan fingerprint density at radius 1 is 1.00 bits per heavy atom. The van der Waals surface area contributed by atoms with Crippen LogP contribution in [0.4, 0.5) is 9.59 Å². The first kappa shape index (κ1) is 35.9. The van der Waals surface area contributed by atoms with E-state index in [0.29, 0.717) is 25.4 Å². The number of rotatable bonds is 10. The Morgan fingerprint density at radius 3 is 2.40 bits per heavy atom. The minimum atomic E-state index is -0.752. The molecule has 0 aromatic heterocycles. The maximum atomic E-state index is 13.2. The number of allylic oxidation sites excluding steroid dienone is 3. The summed E-state index contributed by atoms with van der Waals surface area (Å²) in [5.74, 6) is 0.713. The van der Waals surface area contributed by atoms with Gasteiger partial charge in [-0.25, -0.2) is 9.59 Å². The van der Waals surface area contributed by atoms with Crippen LogP contribution in [0.15, 0.2) is 23.3 Å². The third kappa shape index (κ3) is 7.30. The maximum absolute atomic E-state index is 13.2. The van der Waals surface area contributed by atoms with E-state index in [1.165, 1.54) is 19.8 Å². The first-order valence-corrected chi connectivity index (χ1v) is 17.6. The van der Waals surface area contributed by atoms with Crippen molar-refractivity contribution >= 4 is 18.1 Å². The zero-order valence-electron chi connectivity index (χ0n) is 29.4. The van der Waals surface area contributed by atoms with Gasteiger partial charge in [-0.05, 0) is 87.9 Å². The first-order valence-electron chi connectivity index (χ1n) is 17.6. The van der Waals surface area contributed by atoms with E-state index in [4.69, 9.17) is 28.4 Å². The van der Waals surface area contributed by atoms with Crippen LogP contribution >= 0.6 is 0 Å². The maximum Gasteiger partial charge on any atom is 0.508 e. The van der Waals surface area contributed by atoms with Crippen molar-refractivity contribution in [3.63, 3.8) is 0 Å². The molecule has 4 fully saturated rings. The van der Waals surface area contributed by atoms with Crippen molar-refractivity contribution in [2.24, 2.45) is 34.5 Å². The summed E-state index contributed by atoms with van der Waals surface area (Å²) >= 11 is 0. The van der Waals surface area contributed by atoms with Gasteiger partial charge in [-0.3, -0.25) is 4.79 Å². The molecule has 0 aromatic rings. The van der Waals surface area contributed by atoms with E-state index in [9.17, 15) is 19.5 Å². The Labute approximate surface area is 279 Å². The van der Waals surface area contributed by atoms with Gasteiger partial charge in [-0.2, -0.15) is 0 Å². The van der Waals surface area contributed by atoms with Gasteiger partial charge in [0.1, 0.15) is 18.0 Å². The molecule has 1 N–H and O–H groups in total. The van der Waals surface area contributed by atoms with Crippen LogP contribution in [-0.4, -0.2) is 74.2 Å². The highest BCUT2D eigenvalue weighted by Gasteiger charge is 2.60. The van der Waals surface area contributed by atoms with E-state index >= 15 is 0 Å². The summed E-state index contributed by atoms with van der Waals surface area (Å²) in [7, 11) is 2.58. The average Bonchev–Trinajstić information content (AvgIpc) is 3.38. The van der Waals surface area contributed by atoms with Crippen molar-refractivity contribution in [2.45, 2.75) is 135 Å². The van der Waals surface area contributed by atoms with Gasteiger partial charge < -0.3 is 33.5 Å². The molecule has 47 heavy (non-hydrogen) atoms.